The molecule has 2 rings (SSSR count). The first-order chi connectivity index (χ1) is 10.3. The predicted molar refractivity (Wildman–Crippen MR) is 79.0 cm³/mol. The molecule has 112 valence electrons. The lowest BCUT2D eigenvalue weighted by atomic mass is 10.2. The summed E-state index contributed by atoms with van der Waals surface area (Å²) in [5.41, 5.74) is 0.752. The van der Waals surface area contributed by atoms with Gasteiger partial charge in [0, 0.05) is 6.20 Å². The van der Waals surface area contributed by atoms with E-state index in [1.165, 1.54) is 0 Å². The fraction of sp³-hybridized carbons (Fsp3) is 0.312. The molecule has 0 amide bonds. The Morgan fingerprint density at radius 2 is 2.00 bits per heavy atom. The van der Waals surface area contributed by atoms with Crippen LogP contribution in [0, 0.1) is 0 Å². The summed E-state index contributed by atoms with van der Waals surface area (Å²) in [6, 6.07) is 8.84. The third-order valence-electron chi connectivity index (χ3n) is 2.82. The standard InChI is InChI=1S/C16H19NO4/c1-3-9-20-14-5-4-8-17-16(14)21-13-7-6-12(11-18)10-15(13)19-2/h4-8,10,18H,3,9,11H2,1-2H3. The second kappa shape index (κ2) is 7.50. The third-order valence-corrected chi connectivity index (χ3v) is 2.82. The Kier molecular flexibility index (Phi) is 5.40. The predicted octanol–water partition coefficient (Wildman–Crippen LogP) is 3.16. The molecule has 0 aliphatic rings. The van der Waals surface area contributed by atoms with Crippen molar-refractivity contribution in [2.45, 2.75) is 20.0 Å². The first kappa shape index (κ1) is 15.1. The Hall–Kier alpha value is -2.27. The average Bonchev–Trinajstić information content (AvgIpc) is 2.54. The minimum absolute atomic E-state index is 0.0505. The van der Waals surface area contributed by atoms with Gasteiger partial charge in [0.1, 0.15) is 0 Å². The van der Waals surface area contributed by atoms with E-state index in [9.17, 15) is 0 Å². The van der Waals surface area contributed by atoms with E-state index in [-0.39, 0.29) is 6.61 Å². The summed E-state index contributed by atoms with van der Waals surface area (Å²) in [7, 11) is 1.55. The number of pyridine rings is 1. The zero-order valence-electron chi connectivity index (χ0n) is 12.2. The van der Waals surface area contributed by atoms with Crippen molar-refractivity contribution < 1.29 is 19.3 Å². The fourth-order valence-electron chi connectivity index (χ4n) is 1.77. The monoisotopic (exact) mass is 289 g/mol. The highest BCUT2D eigenvalue weighted by Gasteiger charge is 2.11. The van der Waals surface area contributed by atoms with E-state index in [2.05, 4.69) is 4.98 Å². The van der Waals surface area contributed by atoms with Gasteiger partial charge in [-0.25, -0.2) is 4.98 Å². The first-order valence-electron chi connectivity index (χ1n) is 6.82. The van der Waals surface area contributed by atoms with Gasteiger partial charge < -0.3 is 19.3 Å². The van der Waals surface area contributed by atoms with Crippen molar-refractivity contribution >= 4 is 0 Å². The molecule has 5 nitrogen and oxygen atoms in total. The zero-order valence-corrected chi connectivity index (χ0v) is 12.2. The molecule has 1 aromatic heterocycles. The van der Waals surface area contributed by atoms with Gasteiger partial charge in [0.05, 0.1) is 20.3 Å². The van der Waals surface area contributed by atoms with Crippen LogP contribution in [0.15, 0.2) is 36.5 Å². The molecule has 0 atom stereocenters. The van der Waals surface area contributed by atoms with Crippen LogP contribution < -0.4 is 14.2 Å². The molecule has 1 heterocycles. The number of aromatic nitrogens is 1. The van der Waals surface area contributed by atoms with Gasteiger partial charge in [-0.2, -0.15) is 0 Å². The largest absolute Gasteiger partial charge is 0.493 e. The molecule has 0 radical (unpaired) electrons. The maximum Gasteiger partial charge on any atom is 0.262 e. The molecule has 0 aliphatic carbocycles. The number of hydrogen-bond donors (Lipinski definition) is 1. The molecule has 0 aliphatic heterocycles. The van der Waals surface area contributed by atoms with Crippen molar-refractivity contribution in [3.05, 3.63) is 42.1 Å². The molecule has 21 heavy (non-hydrogen) atoms. The van der Waals surface area contributed by atoms with E-state index < -0.39 is 0 Å². The van der Waals surface area contributed by atoms with Crippen molar-refractivity contribution in [3.8, 4) is 23.1 Å². The first-order valence-corrected chi connectivity index (χ1v) is 6.82. The van der Waals surface area contributed by atoms with E-state index in [0.717, 1.165) is 12.0 Å². The van der Waals surface area contributed by atoms with Crippen molar-refractivity contribution in [2.24, 2.45) is 0 Å². The highest BCUT2D eigenvalue weighted by Crippen LogP contribution is 2.35. The molecule has 0 bridgehead atoms. The average molecular weight is 289 g/mol. The number of nitrogens with zero attached hydrogens (tertiary/aromatic N) is 1. The summed E-state index contributed by atoms with van der Waals surface area (Å²) in [5.74, 6) is 2.04. The Labute approximate surface area is 124 Å². The topological polar surface area (TPSA) is 60.8 Å². The Morgan fingerprint density at radius 1 is 1.14 bits per heavy atom. The summed E-state index contributed by atoms with van der Waals surface area (Å²) in [4.78, 5) is 4.19. The summed E-state index contributed by atoms with van der Waals surface area (Å²) in [6.07, 6.45) is 2.55. The van der Waals surface area contributed by atoms with Crippen LogP contribution >= 0.6 is 0 Å². The number of benzene rings is 1. The second-order valence-electron chi connectivity index (χ2n) is 4.40. The lowest BCUT2D eigenvalue weighted by Gasteiger charge is -2.13. The van der Waals surface area contributed by atoms with E-state index >= 15 is 0 Å². The van der Waals surface area contributed by atoms with E-state index in [1.807, 2.05) is 13.0 Å². The number of ether oxygens (including phenoxy) is 3. The minimum atomic E-state index is -0.0505. The number of aliphatic hydroxyl groups excluding tert-OH is 1. The molecule has 0 saturated carbocycles. The summed E-state index contributed by atoms with van der Waals surface area (Å²) < 4.78 is 16.7. The molecule has 0 saturated heterocycles. The molecule has 0 fully saturated rings. The minimum Gasteiger partial charge on any atom is -0.493 e. The van der Waals surface area contributed by atoms with Crippen LogP contribution in [0.3, 0.4) is 0 Å². The van der Waals surface area contributed by atoms with Gasteiger partial charge in [-0.1, -0.05) is 13.0 Å². The van der Waals surface area contributed by atoms with Crippen molar-refractivity contribution in [1.82, 2.24) is 4.98 Å². The van der Waals surface area contributed by atoms with Crippen molar-refractivity contribution in [1.29, 1.82) is 0 Å². The van der Waals surface area contributed by atoms with E-state index in [1.54, 1.807) is 37.6 Å². The van der Waals surface area contributed by atoms with Gasteiger partial charge in [-0.15, -0.1) is 0 Å². The summed E-state index contributed by atoms with van der Waals surface area (Å²) in [6.45, 7) is 2.58. The van der Waals surface area contributed by atoms with E-state index in [4.69, 9.17) is 19.3 Å². The maximum absolute atomic E-state index is 9.15. The fourth-order valence-corrected chi connectivity index (χ4v) is 1.77. The van der Waals surface area contributed by atoms with Crippen LogP contribution in [0.5, 0.6) is 23.1 Å². The van der Waals surface area contributed by atoms with Crippen LogP contribution in [0.4, 0.5) is 0 Å². The van der Waals surface area contributed by atoms with Crippen molar-refractivity contribution in [3.63, 3.8) is 0 Å². The number of aliphatic hydroxyl groups is 1. The van der Waals surface area contributed by atoms with Crippen LogP contribution in [0.25, 0.3) is 0 Å². The molecule has 1 aromatic carbocycles. The maximum atomic E-state index is 9.15. The van der Waals surface area contributed by atoms with E-state index in [0.29, 0.717) is 29.7 Å². The number of methoxy groups -OCH3 is 1. The molecular weight excluding hydrogens is 270 g/mol. The number of hydrogen-bond acceptors (Lipinski definition) is 5. The van der Waals surface area contributed by atoms with Crippen LogP contribution in [0.1, 0.15) is 18.9 Å². The lowest BCUT2D eigenvalue weighted by Crippen LogP contribution is -1.99. The Balaban J connectivity index is 2.25. The molecule has 0 unspecified atom stereocenters. The highest BCUT2D eigenvalue weighted by molar-refractivity contribution is 5.46. The molecule has 1 N–H and O–H groups in total. The molecule has 5 heteroatoms. The van der Waals surface area contributed by atoms with Crippen molar-refractivity contribution in [2.75, 3.05) is 13.7 Å². The van der Waals surface area contributed by atoms with Gasteiger partial charge in [0.15, 0.2) is 17.2 Å². The van der Waals surface area contributed by atoms with Gasteiger partial charge in [0.25, 0.3) is 5.88 Å². The second-order valence-corrected chi connectivity index (χ2v) is 4.40. The van der Waals surface area contributed by atoms with Crippen LogP contribution in [-0.4, -0.2) is 23.8 Å². The third kappa shape index (κ3) is 3.86. The zero-order chi connectivity index (χ0) is 15.1. The smallest absolute Gasteiger partial charge is 0.262 e. The quantitative estimate of drug-likeness (QED) is 0.848. The number of rotatable bonds is 7. The van der Waals surface area contributed by atoms with Crippen LogP contribution in [0.2, 0.25) is 0 Å². The molecule has 0 spiro atoms. The van der Waals surface area contributed by atoms with Gasteiger partial charge in [0.2, 0.25) is 0 Å². The summed E-state index contributed by atoms with van der Waals surface area (Å²) >= 11 is 0. The highest BCUT2D eigenvalue weighted by atomic mass is 16.5. The van der Waals surface area contributed by atoms with Gasteiger partial charge in [-0.05, 0) is 36.2 Å². The van der Waals surface area contributed by atoms with Gasteiger partial charge in [-0.3, -0.25) is 0 Å². The Morgan fingerprint density at radius 3 is 2.71 bits per heavy atom. The SMILES string of the molecule is CCCOc1cccnc1Oc1ccc(CO)cc1OC. The normalized spacial score (nSPS) is 10.2. The Bertz CT molecular complexity index is 586. The molecular formula is C16H19NO4. The van der Waals surface area contributed by atoms with Gasteiger partial charge >= 0.3 is 0 Å². The lowest BCUT2D eigenvalue weighted by molar-refractivity contribution is 0.279. The summed E-state index contributed by atoms with van der Waals surface area (Å²) in [5, 5.41) is 9.15. The molecule has 2 aromatic rings. The van der Waals surface area contributed by atoms with Crippen LogP contribution in [-0.2, 0) is 6.61 Å².